The molecule has 0 aliphatic rings. The number of ether oxygens (including phenoxy) is 1. The third-order valence-electron chi connectivity index (χ3n) is 2.80. The van der Waals surface area contributed by atoms with E-state index in [0.29, 0.717) is 25.3 Å². The Balaban J connectivity index is 2.16. The Morgan fingerprint density at radius 1 is 1.45 bits per heavy atom. The number of H-pyrrole nitrogens is 1. The van der Waals surface area contributed by atoms with Crippen molar-refractivity contribution in [3.05, 3.63) is 56.6 Å². The first-order valence-corrected chi connectivity index (χ1v) is 7.08. The van der Waals surface area contributed by atoms with Gasteiger partial charge in [0.1, 0.15) is 0 Å². The molecule has 2 rings (SSSR count). The second kappa shape index (κ2) is 7.02. The number of pyridine rings is 1. The third-order valence-corrected chi connectivity index (χ3v) is 3.66. The Morgan fingerprint density at radius 3 is 2.95 bits per heavy atom. The molecule has 0 saturated carbocycles. The number of thiophene rings is 1. The predicted octanol–water partition coefficient (Wildman–Crippen LogP) is 1.73. The van der Waals surface area contributed by atoms with Crippen molar-refractivity contribution < 1.29 is 9.53 Å². The zero-order chi connectivity index (χ0) is 14.4. The van der Waals surface area contributed by atoms with Gasteiger partial charge in [-0.05, 0) is 17.5 Å². The number of nitrogens with zero attached hydrogens (tertiary/aromatic N) is 1. The predicted molar refractivity (Wildman–Crippen MR) is 78.0 cm³/mol. The highest BCUT2D eigenvalue weighted by Gasteiger charge is 2.16. The Bertz CT molecular complexity index is 607. The quantitative estimate of drug-likeness (QED) is 0.882. The van der Waals surface area contributed by atoms with Gasteiger partial charge in [0.25, 0.3) is 5.91 Å². The SMILES string of the molecule is COCCN(Cc1cccs1)C(=O)c1cc[nH]c(=O)c1. The Morgan fingerprint density at radius 2 is 2.30 bits per heavy atom. The summed E-state index contributed by atoms with van der Waals surface area (Å²) in [6.07, 6.45) is 1.48. The number of methoxy groups -OCH3 is 1. The topological polar surface area (TPSA) is 62.4 Å². The molecule has 0 bridgehead atoms. The van der Waals surface area contributed by atoms with Crippen LogP contribution in [0.15, 0.2) is 40.6 Å². The van der Waals surface area contributed by atoms with Crippen molar-refractivity contribution >= 4 is 17.2 Å². The fraction of sp³-hybridized carbons (Fsp3) is 0.286. The van der Waals surface area contributed by atoms with E-state index in [1.807, 2.05) is 17.5 Å². The highest BCUT2D eigenvalue weighted by Crippen LogP contribution is 2.13. The maximum atomic E-state index is 12.5. The summed E-state index contributed by atoms with van der Waals surface area (Å²) in [7, 11) is 1.60. The van der Waals surface area contributed by atoms with E-state index >= 15 is 0 Å². The molecule has 1 N–H and O–H groups in total. The molecule has 0 spiro atoms. The summed E-state index contributed by atoms with van der Waals surface area (Å²) in [5.74, 6) is -0.165. The Hall–Kier alpha value is -1.92. The van der Waals surface area contributed by atoms with Crippen molar-refractivity contribution in [3.63, 3.8) is 0 Å². The average Bonchev–Trinajstić information content (AvgIpc) is 2.95. The van der Waals surface area contributed by atoms with E-state index in [4.69, 9.17) is 4.74 Å². The minimum Gasteiger partial charge on any atom is -0.383 e. The van der Waals surface area contributed by atoms with E-state index in [1.165, 1.54) is 12.3 Å². The zero-order valence-corrected chi connectivity index (χ0v) is 12.0. The van der Waals surface area contributed by atoms with E-state index in [9.17, 15) is 9.59 Å². The van der Waals surface area contributed by atoms with Gasteiger partial charge >= 0.3 is 0 Å². The van der Waals surface area contributed by atoms with E-state index in [1.54, 1.807) is 29.4 Å². The van der Waals surface area contributed by atoms with E-state index in [-0.39, 0.29) is 11.5 Å². The minimum absolute atomic E-state index is 0.165. The van der Waals surface area contributed by atoms with Crippen molar-refractivity contribution in [2.75, 3.05) is 20.3 Å². The van der Waals surface area contributed by atoms with E-state index in [2.05, 4.69) is 4.98 Å². The highest BCUT2D eigenvalue weighted by molar-refractivity contribution is 7.09. The van der Waals surface area contributed by atoms with Crippen LogP contribution in [0.1, 0.15) is 15.2 Å². The number of carbonyl (C=O) groups excluding carboxylic acids is 1. The van der Waals surface area contributed by atoms with Crippen LogP contribution in [-0.2, 0) is 11.3 Å². The summed E-state index contributed by atoms with van der Waals surface area (Å²) in [6, 6.07) is 6.86. The first kappa shape index (κ1) is 14.5. The molecule has 0 aliphatic carbocycles. The van der Waals surface area contributed by atoms with Gasteiger partial charge in [-0.15, -0.1) is 11.3 Å². The lowest BCUT2D eigenvalue weighted by Gasteiger charge is -2.21. The second-order valence-electron chi connectivity index (χ2n) is 4.24. The van der Waals surface area contributed by atoms with E-state index in [0.717, 1.165) is 4.88 Å². The van der Waals surface area contributed by atoms with Crippen molar-refractivity contribution in [2.45, 2.75) is 6.54 Å². The maximum absolute atomic E-state index is 12.5. The number of hydrogen-bond acceptors (Lipinski definition) is 4. The molecule has 0 atom stereocenters. The van der Waals surface area contributed by atoms with Gasteiger partial charge in [-0.2, -0.15) is 0 Å². The van der Waals surface area contributed by atoms with Crippen LogP contribution in [0.25, 0.3) is 0 Å². The molecule has 6 heteroatoms. The molecule has 106 valence electrons. The van der Waals surface area contributed by atoms with Crippen LogP contribution in [0.4, 0.5) is 0 Å². The van der Waals surface area contributed by atoms with Gasteiger partial charge in [-0.1, -0.05) is 6.07 Å². The molecular formula is C14H16N2O3S. The number of rotatable bonds is 6. The zero-order valence-electron chi connectivity index (χ0n) is 11.2. The molecule has 0 aliphatic heterocycles. The van der Waals surface area contributed by atoms with Crippen LogP contribution in [-0.4, -0.2) is 36.1 Å². The van der Waals surface area contributed by atoms with Gasteiger partial charge in [0.2, 0.25) is 5.56 Å². The second-order valence-corrected chi connectivity index (χ2v) is 5.27. The summed E-state index contributed by atoms with van der Waals surface area (Å²) < 4.78 is 5.04. The first-order valence-electron chi connectivity index (χ1n) is 6.20. The van der Waals surface area contributed by atoms with Gasteiger partial charge in [-0.25, -0.2) is 0 Å². The van der Waals surface area contributed by atoms with E-state index < -0.39 is 0 Å². The average molecular weight is 292 g/mol. The van der Waals surface area contributed by atoms with Crippen LogP contribution in [0.3, 0.4) is 0 Å². The van der Waals surface area contributed by atoms with Crippen molar-refractivity contribution in [1.82, 2.24) is 9.88 Å². The monoisotopic (exact) mass is 292 g/mol. The summed E-state index contributed by atoms with van der Waals surface area (Å²) in [5.41, 5.74) is 0.111. The van der Waals surface area contributed by atoms with Crippen LogP contribution < -0.4 is 5.56 Å². The van der Waals surface area contributed by atoms with Gasteiger partial charge in [0, 0.05) is 36.4 Å². The molecule has 2 aromatic rings. The van der Waals surface area contributed by atoms with Crippen LogP contribution in [0, 0.1) is 0 Å². The molecule has 0 unspecified atom stereocenters. The van der Waals surface area contributed by atoms with Gasteiger partial charge < -0.3 is 14.6 Å². The summed E-state index contributed by atoms with van der Waals surface area (Å²) >= 11 is 1.60. The largest absolute Gasteiger partial charge is 0.383 e. The van der Waals surface area contributed by atoms with Crippen molar-refractivity contribution in [2.24, 2.45) is 0 Å². The summed E-state index contributed by atoms with van der Waals surface area (Å²) in [6.45, 7) is 1.47. The van der Waals surface area contributed by atoms with Crippen LogP contribution in [0.5, 0.6) is 0 Å². The number of aromatic nitrogens is 1. The third kappa shape index (κ3) is 3.79. The maximum Gasteiger partial charge on any atom is 0.254 e. The molecule has 2 aromatic heterocycles. The molecule has 0 fully saturated rings. The van der Waals surface area contributed by atoms with Crippen molar-refractivity contribution in [1.29, 1.82) is 0 Å². The highest BCUT2D eigenvalue weighted by atomic mass is 32.1. The molecule has 0 saturated heterocycles. The Labute approximate surface area is 120 Å². The molecule has 5 nitrogen and oxygen atoms in total. The molecular weight excluding hydrogens is 276 g/mol. The standard InChI is InChI=1S/C14H16N2O3S/c1-19-7-6-16(10-12-3-2-8-20-12)14(18)11-4-5-15-13(17)9-11/h2-5,8-9H,6-7,10H2,1H3,(H,15,17). The minimum atomic E-state index is -0.279. The lowest BCUT2D eigenvalue weighted by atomic mass is 10.2. The fourth-order valence-electron chi connectivity index (χ4n) is 1.80. The number of nitrogens with one attached hydrogen (secondary N) is 1. The first-order chi connectivity index (χ1) is 9.70. The van der Waals surface area contributed by atoms with Crippen molar-refractivity contribution in [3.8, 4) is 0 Å². The lowest BCUT2D eigenvalue weighted by molar-refractivity contribution is 0.0682. The number of aromatic amines is 1. The van der Waals surface area contributed by atoms with Crippen LogP contribution >= 0.6 is 11.3 Å². The molecule has 1 amide bonds. The normalized spacial score (nSPS) is 10.4. The van der Waals surface area contributed by atoms with Gasteiger partial charge in [0.05, 0.1) is 13.2 Å². The fourth-order valence-corrected chi connectivity index (χ4v) is 2.52. The van der Waals surface area contributed by atoms with Gasteiger partial charge in [0.15, 0.2) is 0 Å². The Kier molecular flexibility index (Phi) is 5.09. The van der Waals surface area contributed by atoms with Crippen LogP contribution in [0.2, 0.25) is 0 Å². The summed E-state index contributed by atoms with van der Waals surface area (Å²) in [5, 5.41) is 1.97. The lowest BCUT2D eigenvalue weighted by Crippen LogP contribution is -2.33. The molecule has 0 aromatic carbocycles. The van der Waals surface area contributed by atoms with Gasteiger partial charge in [-0.3, -0.25) is 9.59 Å². The number of amides is 1. The molecule has 20 heavy (non-hydrogen) atoms. The number of carbonyl (C=O) groups is 1. The summed E-state index contributed by atoms with van der Waals surface area (Å²) in [4.78, 5) is 29.0. The molecule has 0 radical (unpaired) electrons. The smallest absolute Gasteiger partial charge is 0.254 e. The number of hydrogen-bond donors (Lipinski definition) is 1. The molecule has 2 heterocycles.